The Bertz CT molecular complexity index is 634. The predicted octanol–water partition coefficient (Wildman–Crippen LogP) is 2.15. The zero-order valence-electron chi connectivity index (χ0n) is 10.6. The number of nitrogens with one attached hydrogen (secondary N) is 1. The van der Waals surface area contributed by atoms with E-state index in [1.165, 1.54) is 12.5 Å². The fourth-order valence-corrected chi connectivity index (χ4v) is 1.60. The van der Waals surface area contributed by atoms with E-state index in [0.717, 1.165) is 11.1 Å². The molecule has 0 unspecified atom stereocenters. The van der Waals surface area contributed by atoms with Crippen molar-refractivity contribution in [2.24, 2.45) is 5.73 Å². The molecule has 4 heteroatoms. The second-order valence-corrected chi connectivity index (χ2v) is 4.02. The van der Waals surface area contributed by atoms with Crippen molar-refractivity contribution in [3.63, 3.8) is 0 Å². The lowest BCUT2D eigenvalue weighted by molar-refractivity contribution is 0.102. The van der Waals surface area contributed by atoms with Crippen molar-refractivity contribution in [3.8, 4) is 11.8 Å². The molecular weight excluding hydrogens is 240 g/mol. The van der Waals surface area contributed by atoms with Crippen molar-refractivity contribution in [1.82, 2.24) is 0 Å². The fourth-order valence-electron chi connectivity index (χ4n) is 1.60. The van der Waals surface area contributed by atoms with Crippen LogP contribution in [0.1, 0.15) is 21.5 Å². The largest absolute Gasteiger partial charge is 0.472 e. The van der Waals surface area contributed by atoms with Gasteiger partial charge in [0.15, 0.2) is 0 Å². The highest BCUT2D eigenvalue weighted by atomic mass is 16.3. The van der Waals surface area contributed by atoms with Gasteiger partial charge in [-0.3, -0.25) is 4.79 Å². The summed E-state index contributed by atoms with van der Waals surface area (Å²) in [6.45, 7) is 2.25. The summed E-state index contributed by atoms with van der Waals surface area (Å²) in [5.74, 6) is 5.51. The van der Waals surface area contributed by atoms with Crippen LogP contribution in [-0.4, -0.2) is 12.5 Å². The first-order chi connectivity index (χ1) is 9.20. The van der Waals surface area contributed by atoms with Gasteiger partial charge < -0.3 is 15.5 Å². The Labute approximate surface area is 111 Å². The summed E-state index contributed by atoms with van der Waals surface area (Å²) in [5.41, 5.74) is 8.33. The summed E-state index contributed by atoms with van der Waals surface area (Å²) < 4.78 is 4.88. The van der Waals surface area contributed by atoms with E-state index < -0.39 is 0 Å². The first kappa shape index (κ1) is 12.9. The van der Waals surface area contributed by atoms with E-state index in [1.54, 1.807) is 6.07 Å². The van der Waals surface area contributed by atoms with Gasteiger partial charge in [-0.2, -0.15) is 0 Å². The molecule has 3 N–H and O–H groups in total. The Morgan fingerprint density at radius 1 is 1.42 bits per heavy atom. The van der Waals surface area contributed by atoms with Crippen LogP contribution in [0.15, 0.2) is 41.2 Å². The van der Waals surface area contributed by atoms with E-state index in [-0.39, 0.29) is 12.5 Å². The molecule has 2 rings (SSSR count). The van der Waals surface area contributed by atoms with Gasteiger partial charge in [0, 0.05) is 5.56 Å². The van der Waals surface area contributed by atoms with E-state index in [0.29, 0.717) is 11.3 Å². The summed E-state index contributed by atoms with van der Waals surface area (Å²) in [4.78, 5) is 11.9. The van der Waals surface area contributed by atoms with Crippen LogP contribution in [0.25, 0.3) is 0 Å². The average Bonchev–Trinajstić information content (AvgIpc) is 2.93. The minimum atomic E-state index is -0.228. The second kappa shape index (κ2) is 5.89. The Kier molecular flexibility index (Phi) is 4.01. The quantitative estimate of drug-likeness (QED) is 0.807. The van der Waals surface area contributed by atoms with E-state index in [4.69, 9.17) is 10.2 Å². The molecule has 0 aliphatic rings. The van der Waals surface area contributed by atoms with Crippen molar-refractivity contribution in [2.45, 2.75) is 6.92 Å². The summed E-state index contributed by atoms with van der Waals surface area (Å²) in [5, 5.41) is 2.81. The minimum Gasteiger partial charge on any atom is -0.472 e. The van der Waals surface area contributed by atoms with Crippen molar-refractivity contribution < 1.29 is 9.21 Å². The lowest BCUT2D eigenvalue weighted by Gasteiger charge is -2.07. The molecule has 0 radical (unpaired) electrons. The number of furan rings is 1. The molecule has 0 fully saturated rings. The highest BCUT2D eigenvalue weighted by Gasteiger charge is 2.09. The lowest BCUT2D eigenvalue weighted by atomic mass is 10.1. The number of amides is 1. The normalized spacial score (nSPS) is 9.58. The van der Waals surface area contributed by atoms with E-state index >= 15 is 0 Å². The van der Waals surface area contributed by atoms with Crippen molar-refractivity contribution in [2.75, 3.05) is 11.9 Å². The molecule has 0 bridgehead atoms. The van der Waals surface area contributed by atoms with Crippen LogP contribution in [-0.2, 0) is 0 Å². The molecule has 0 aliphatic carbocycles. The maximum absolute atomic E-state index is 11.9. The van der Waals surface area contributed by atoms with Crippen LogP contribution in [0.2, 0.25) is 0 Å². The number of carbonyl (C=O) groups is 1. The van der Waals surface area contributed by atoms with Crippen molar-refractivity contribution in [1.29, 1.82) is 0 Å². The summed E-state index contributed by atoms with van der Waals surface area (Å²) >= 11 is 0. The monoisotopic (exact) mass is 254 g/mol. The molecule has 1 aromatic heterocycles. The third-order valence-corrected chi connectivity index (χ3v) is 2.53. The zero-order chi connectivity index (χ0) is 13.7. The Hall–Kier alpha value is -2.51. The number of aryl methyl sites for hydroxylation is 1. The maximum Gasteiger partial charge on any atom is 0.258 e. The Balaban J connectivity index is 2.27. The smallest absolute Gasteiger partial charge is 0.258 e. The number of benzene rings is 1. The van der Waals surface area contributed by atoms with Crippen molar-refractivity contribution >= 4 is 11.6 Å². The average molecular weight is 254 g/mol. The summed E-state index contributed by atoms with van der Waals surface area (Å²) in [7, 11) is 0. The fraction of sp³-hybridized carbons (Fsp3) is 0.133. The Morgan fingerprint density at radius 2 is 2.26 bits per heavy atom. The van der Waals surface area contributed by atoms with Crippen molar-refractivity contribution in [3.05, 3.63) is 53.5 Å². The summed E-state index contributed by atoms with van der Waals surface area (Å²) in [6, 6.07) is 7.26. The molecule has 0 aliphatic heterocycles. The first-order valence-corrected chi connectivity index (χ1v) is 5.84. The van der Waals surface area contributed by atoms with Crippen LogP contribution in [0.5, 0.6) is 0 Å². The topological polar surface area (TPSA) is 68.3 Å². The summed E-state index contributed by atoms with van der Waals surface area (Å²) in [6.07, 6.45) is 2.86. The zero-order valence-corrected chi connectivity index (χ0v) is 10.6. The number of carbonyl (C=O) groups excluding carboxylic acids is 1. The lowest BCUT2D eigenvalue weighted by Crippen LogP contribution is -2.12. The molecular formula is C15H14N2O2. The SMILES string of the molecule is Cc1ccc(NC(=O)c2ccoc2)c(C#CCN)c1. The van der Waals surface area contributed by atoms with Gasteiger partial charge in [-0.25, -0.2) is 0 Å². The van der Waals surface area contributed by atoms with Gasteiger partial charge >= 0.3 is 0 Å². The molecule has 1 heterocycles. The standard InChI is InChI=1S/C15H14N2O2/c1-11-4-5-14(12(9-11)3-2-7-16)17-15(18)13-6-8-19-10-13/h4-6,8-10H,7,16H2,1H3,(H,17,18). The van der Waals surface area contributed by atoms with Crippen LogP contribution in [0.4, 0.5) is 5.69 Å². The van der Waals surface area contributed by atoms with Gasteiger partial charge in [0.2, 0.25) is 0 Å². The Morgan fingerprint density at radius 3 is 2.95 bits per heavy atom. The van der Waals surface area contributed by atoms with Gasteiger partial charge in [0.25, 0.3) is 5.91 Å². The third-order valence-electron chi connectivity index (χ3n) is 2.53. The number of hydrogen-bond donors (Lipinski definition) is 2. The van der Waals surface area contributed by atoms with Gasteiger partial charge in [-0.1, -0.05) is 17.9 Å². The third kappa shape index (κ3) is 3.24. The van der Waals surface area contributed by atoms with Crippen LogP contribution in [0, 0.1) is 18.8 Å². The van der Waals surface area contributed by atoms with Crippen LogP contribution < -0.4 is 11.1 Å². The molecule has 2 aromatic rings. The molecule has 96 valence electrons. The maximum atomic E-state index is 11.9. The predicted molar refractivity (Wildman–Crippen MR) is 73.8 cm³/mol. The van der Waals surface area contributed by atoms with E-state index in [2.05, 4.69) is 17.2 Å². The molecule has 0 saturated carbocycles. The van der Waals surface area contributed by atoms with Crippen LogP contribution in [0.3, 0.4) is 0 Å². The first-order valence-electron chi connectivity index (χ1n) is 5.84. The molecule has 1 amide bonds. The highest BCUT2D eigenvalue weighted by Crippen LogP contribution is 2.17. The molecule has 4 nitrogen and oxygen atoms in total. The molecule has 0 spiro atoms. The van der Waals surface area contributed by atoms with E-state index in [9.17, 15) is 4.79 Å². The van der Waals surface area contributed by atoms with E-state index in [1.807, 2.05) is 25.1 Å². The minimum absolute atomic E-state index is 0.228. The number of anilines is 1. The van der Waals surface area contributed by atoms with Gasteiger partial charge in [0.05, 0.1) is 24.1 Å². The number of hydrogen-bond acceptors (Lipinski definition) is 3. The molecule has 1 aromatic carbocycles. The van der Waals surface area contributed by atoms with Gasteiger partial charge in [-0.15, -0.1) is 0 Å². The second-order valence-electron chi connectivity index (χ2n) is 4.02. The molecule has 0 saturated heterocycles. The number of nitrogens with two attached hydrogens (primary N) is 1. The molecule has 19 heavy (non-hydrogen) atoms. The van der Waals surface area contributed by atoms with Gasteiger partial charge in [0.1, 0.15) is 6.26 Å². The molecule has 0 atom stereocenters. The highest BCUT2D eigenvalue weighted by molar-refractivity contribution is 6.04. The van der Waals surface area contributed by atoms with Gasteiger partial charge in [-0.05, 0) is 30.7 Å². The van der Waals surface area contributed by atoms with Crippen LogP contribution >= 0.6 is 0 Å². The number of rotatable bonds is 2.